The van der Waals surface area contributed by atoms with E-state index in [2.05, 4.69) is 20.5 Å². The quantitative estimate of drug-likeness (QED) is 0.398. The number of amides is 1. The third-order valence-corrected chi connectivity index (χ3v) is 6.38. The summed E-state index contributed by atoms with van der Waals surface area (Å²) in [6.45, 7) is 1.18. The van der Waals surface area contributed by atoms with E-state index in [1.165, 1.54) is 19.3 Å². The third kappa shape index (κ3) is 6.62. The SMILES string of the molecule is COc1ccc(CCNC(=O)CCc2nnc(-c3ccc(OCC4CCC4)c(OC)c3)[nH]c2=O)cc1. The van der Waals surface area contributed by atoms with Gasteiger partial charge in [0.05, 0.1) is 20.8 Å². The number of aromatic amines is 1. The van der Waals surface area contributed by atoms with Gasteiger partial charge in [-0.3, -0.25) is 9.59 Å². The van der Waals surface area contributed by atoms with Crippen molar-refractivity contribution in [3.63, 3.8) is 0 Å². The molecule has 0 aliphatic heterocycles. The van der Waals surface area contributed by atoms with Crippen molar-refractivity contribution < 1.29 is 19.0 Å². The lowest BCUT2D eigenvalue weighted by atomic mass is 9.86. The summed E-state index contributed by atoms with van der Waals surface area (Å²) in [4.78, 5) is 27.5. The fraction of sp³-hybridized carbons (Fsp3) is 0.407. The number of hydrogen-bond donors (Lipinski definition) is 2. The molecule has 0 radical (unpaired) electrons. The molecular weight excluding hydrogens is 460 g/mol. The van der Waals surface area contributed by atoms with Crippen molar-refractivity contribution in [3.05, 3.63) is 64.1 Å². The van der Waals surface area contributed by atoms with Crippen molar-refractivity contribution in [1.82, 2.24) is 20.5 Å². The fourth-order valence-electron chi connectivity index (χ4n) is 3.91. The fourth-order valence-corrected chi connectivity index (χ4v) is 3.91. The number of aromatic nitrogens is 3. The number of aryl methyl sites for hydroxylation is 1. The van der Waals surface area contributed by atoms with Crippen LogP contribution in [-0.4, -0.2) is 48.5 Å². The molecule has 0 bridgehead atoms. The Labute approximate surface area is 210 Å². The molecule has 0 atom stereocenters. The van der Waals surface area contributed by atoms with Gasteiger partial charge >= 0.3 is 0 Å². The summed E-state index contributed by atoms with van der Waals surface area (Å²) >= 11 is 0. The van der Waals surface area contributed by atoms with Gasteiger partial charge in [0.25, 0.3) is 5.56 Å². The van der Waals surface area contributed by atoms with E-state index in [0.29, 0.717) is 48.4 Å². The van der Waals surface area contributed by atoms with Crippen LogP contribution in [0.4, 0.5) is 0 Å². The van der Waals surface area contributed by atoms with E-state index in [1.807, 2.05) is 36.4 Å². The number of carbonyl (C=O) groups excluding carboxylic acids is 1. The first-order valence-corrected chi connectivity index (χ1v) is 12.2. The van der Waals surface area contributed by atoms with E-state index in [9.17, 15) is 9.59 Å². The molecule has 0 spiro atoms. The summed E-state index contributed by atoms with van der Waals surface area (Å²) in [5, 5.41) is 11.1. The van der Waals surface area contributed by atoms with E-state index < -0.39 is 0 Å². The predicted molar refractivity (Wildman–Crippen MR) is 136 cm³/mol. The summed E-state index contributed by atoms with van der Waals surface area (Å²) in [5.74, 6) is 2.83. The Morgan fingerprint density at radius 1 is 1.03 bits per heavy atom. The molecule has 1 amide bonds. The van der Waals surface area contributed by atoms with Crippen LogP contribution in [0.5, 0.6) is 17.2 Å². The average Bonchev–Trinajstić information content (AvgIpc) is 2.87. The van der Waals surface area contributed by atoms with Crippen LogP contribution < -0.4 is 25.1 Å². The largest absolute Gasteiger partial charge is 0.497 e. The van der Waals surface area contributed by atoms with Gasteiger partial charge in [0.2, 0.25) is 5.91 Å². The van der Waals surface area contributed by atoms with Crippen LogP contribution in [0.25, 0.3) is 11.4 Å². The Balaban J connectivity index is 1.28. The Hall–Kier alpha value is -3.88. The lowest BCUT2D eigenvalue weighted by Gasteiger charge is -2.25. The molecule has 2 N–H and O–H groups in total. The Morgan fingerprint density at radius 2 is 1.83 bits per heavy atom. The summed E-state index contributed by atoms with van der Waals surface area (Å²) in [5.41, 5.74) is 1.62. The molecule has 4 rings (SSSR count). The number of methoxy groups -OCH3 is 2. The zero-order valence-electron chi connectivity index (χ0n) is 20.7. The van der Waals surface area contributed by atoms with Gasteiger partial charge in [-0.1, -0.05) is 18.6 Å². The van der Waals surface area contributed by atoms with E-state index in [-0.39, 0.29) is 30.0 Å². The summed E-state index contributed by atoms with van der Waals surface area (Å²) < 4.78 is 16.5. The van der Waals surface area contributed by atoms with Crippen LogP contribution in [-0.2, 0) is 17.6 Å². The smallest absolute Gasteiger partial charge is 0.273 e. The first kappa shape index (κ1) is 25.2. The van der Waals surface area contributed by atoms with Crippen molar-refractivity contribution in [2.75, 3.05) is 27.4 Å². The Bertz CT molecular complexity index is 1220. The molecule has 1 saturated carbocycles. The molecule has 36 heavy (non-hydrogen) atoms. The topological polar surface area (TPSA) is 115 Å². The van der Waals surface area contributed by atoms with Crippen LogP contribution in [0.15, 0.2) is 47.3 Å². The first-order valence-electron chi connectivity index (χ1n) is 12.2. The molecule has 1 aliphatic carbocycles. The maximum absolute atomic E-state index is 12.6. The molecule has 190 valence electrons. The summed E-state index contributed by atoms with van der Waals surface area (Å²) in [7, 11) is 3.20. The van der Waals surface area contributed by atoms with E-state index in [0.717, 1.165) is 11.3 Å². The minimum atomic E-state index is -0.365. The Morgan fingerprint density at radius 3 is 2.50 bits per heavy atom. The van der Waals surface area contributed by atoms with Gasteiger partial charge in [-0.05, 0) is 61.1 Å². The zero-order chi connectivity index (χ0) is 25.3. The number of H-pyrrole nitrogens is 1. The van der Waals surface area contributed by atoms with E-state index in [4.69, 9.17) is 14.2 Å². The molecule has 1 aromatic heterocycles. The minimum Gasteiger partial charge on any atom is -0.497 e. The second-order valence-electron chi connectivity index (χ2n) is 8.87. The van der Waals surface area contributed by atoms with Gasteiger partial charge < -0.3 is 24.5 Å². The third-order valence-electron chi connectivity index (χ3n) is 6.38. The van der Waals surface area contributed by atoms with Crippen molar-refractivity contribution >= 4 is 5.91 Å². The summed E-state index contributed by atoms with van der Waals surface area (Å²) in [6.07, 6.45) is 4.73. The highest BCUT2D eigenvalue weighted by atomic mass is 16.5. The van der Waals surface area contributed by atoms with Crippen LogP contribution >= 0.6 is 0 Å². The van der Waals surface area contributed by atoms with E-state index in [1.54, 1.807) is 20.3 Å². The molecule has 9 heteroatoms. The van der Waals surface area contributed by atoms with Crippen molar-refractivity contribution in [2.45, 2.75) is 38.5 Å². The number of nitrogens with zero attached hydrogens (tertiary/aromatic N) is 2. The maximum Gasteiger partial charge on any atom is 0.273 e. The number of benzene rings is 2. The van der Waals surface area contributed by atoms with Gasteiger partial charge in [-0.25, -0.2) is 0 Å². The van der Waals surface area contributed by atoms with Gasteiger partial charge in [-0.15, -0.1) is 10.2 Å². The molecular formula is C27H32N4O5. The molecule has 0 unspecified atom stereocenters. The number of hydrogen-bond acceptors (Lipinski definition) is 7. The number of rotatable bonds is 12. The van der Waals surface area contributed by atoms with Crippen LogP contribution in [0.3, 0.4) is 0 Å². The van der Waals surface area contributed by atoms with Crippen molar-refractivity contribution in [2.24, 2.45) is 5.92 Å². The molecule has 1 aliphatic rings. The van der Waals surface area contributed by atoms with Gasteiger partial charge in [-0.2, -0.15) is 0 Å². The Kier molecular flexibility index (Phi) is 8.54. The number of carbonyl (C=O) groups is 1. The highest BCUT2D eigenvalue weighted by Crippen LogP contribution is 2.33. The number of nitrogens with one attached hydrogen (secondary N) is 2. The second kappa shape index (κ2) is 12.2. The van der Waals surface area contributed by atoms with Crippen LogP contribution in [0.2, 0.25) is 0 Å². The highest BCUT2D eigenvalue weighted by molar-refractivity contribution is 5.76. The number of ether oxygens (including phenoxy) is 3. The van der Waals surface area contributed by atoms with Gasteiger partial charge in [0, 0.05) is 24.9 Å². The molecule has 9 nitrogen and oxygen atoms in total. The molecule has 0 saturated heterocycles. The highest BCUT2D eigenvalue weighted by Gasteiger charge is 2.19. The van der Waals surface area contributed by atoms with E-state index >= 15 is 0 Å². The monoisotopic (exact) mass is 492 g/mol. The lowest BCUT2D eigenvalue weighted by Crippen LogP contribution is -2.27. The van der Waals surface area contributed by atoms with Gasteiger partial charge in [0.15, 0.2) is 17.3 Å². The molecule has 1 heterocycles. The minimum absolute atomic E-state index is 0.143. The lowest BCUT2D eigenvalue weighted by molar-refractivity contribution is -0.121. The maximum atomic E-state index is 12.6. The second-order valence-corrected chi connectivity index (χ2v) is 8.87. The zero-order valence-corrected chi connectivity index (χ0v) is 20.7. The van der Waals surface area contributed by atoms with Gasteiger partial charge in [0.1, 0.15) is 11.4 Å². The van der Waals surface area contributed by atoms with Crippen molar-refractivity contribution in [1.29, 1.82) is 0 Å². The molecule has 3 aromatic rings. The first-order chi connectivity index (χ1) is 17.6. The van der Waals surface area contributed by atoms with Crippen LogP contribution in [0.1, 0.15) is 36.9 Å². The normalized spacial score (nSPS) is 13.1. The van der Waals surface area contributed by atoms with Crippen LogP contribution in [0, 0.1) is 5.92 Å². The molecule has 1 fully saturated rings. The predicted octanol–water partition coefficient (Wildman–Crippen LogP) is 3.32. The summed E-state index contributed by atoms with van der Waals surface area (Å²) in [6, 6.07) is 13.1. The average molecular weight is 493 g/mol. The van der Waals surface area contributed by atoms with Crippen molar-refractivity contribution in [3.8, 4) is 28.6 Å². The standard InChI is InChI=1S/C27H32N4O5/c1-34-21-9-6-18(7-10-21)14-15-28-25(32)13-11-22-27(33)29-26(31-30-22)20-8-12-23(24(16-20)35-2)36-17-19-4-3-5-19/h6-10,12,16,19H,3-5,11,13-15,17H2,1-2H3,(H,28,32)(H,29,31,33). The molecule has 2 aromatic carbocycles.